The molecule has 0 radical (unpaired) electrons. The quantitative estimate of drug-likeness (QED) is 0.550. The summed E-state index contributed by atoms with van der Waals surface area (Å²) in [5.74, 6) is -2.49. The van der Waals surface area contributed by atoms with E-state index in [0.29, 0.717) is 27.2 Å². The predicted octanol–water partition coefficient (Wildman–Crippen LogP) is 3.89. The first-order valence-corrected chi connectivity index (χ1v) is 9.06. The van der Waals surface area contributed by atoms with Crippen molar-refractivity contribution in [2.45, 2.75) is 45.9 Å². The van der Waals surface area contributed by atoms with E-state index in [9.17, 15) is 8.78 Å². The highest BCUT2D eigenvalue weighted by atomic mass is 28.2. The Kier molecular flexibility index (Phi) is 6.45. The third-order valence-corrected chi connectivity index (χ3v) is 4.07. The Morgan fingerprint density at radius 1 is 0.880 bits per heavy atom. The molecule has 2 aromatic rings. The summed E-state index contributed by atoms with van der Waals surface area (Å²) in [5, 5.41) is 0. The van der Waals surface area contributed by atoms with Crippen molar-refractivity contribution in [3.63, 3.8) is 0 Å². The molecule has 0 heterocycles. The number of rotatable bonds is 7. The van der Waals surface area contributed by atoms with Crippen molar-refractivity contribution >= 4 is 10.5 Å². The molecule has 0 amide bonds. The lowest BCUT2D eigenvalue weighted by Crippen LogP contribution is -2.40. The highest BCUT2D eigenvalue weighted by molar-refractivity contribution is 5.98. The third-order valence-electron chi connectivity index (χ3n) is 3.53. The maximum Gasteiger partial charge on any atom is 0.302 e. The average molecular weight is 366 g/mol. The van der Waals surface area contributed by atoms with Gasteiger partial charge in [0.15, 0.2) is 10.5 Å². The van der Waals surface area contributed by atoms with E-state index in [-0.39, 0.29) is 12.2 Å². The van der Waals surface area contributed by atoms with Crippen molar-refractivity contribution in [1.29, 1.82) is 0 Å². The van der Waals surface area contributed by atoms with Gasteiger partial charge in [-0.15, -0.1) is 0 Å². The number of hydrogen-bond donors (Lipinski definition) is 0. The molecule has 0 fully saturated rings. The number of halogens is 2. The zero-order valence-corrected chi connectivity index (χ0v) is 17.2. The highest BCUT2D eigenvalue weighted by Crippen LogP contribution is 2.33. The number of ether oxygens (including phenoxy) is 2. The molecule has 0 atom stereocenters. The Hall–Kier alpha value is -1.60. The van der Waals surface area contributed by atoms with Gasteiger partial charge >= 0.3 is 5.97 Å². The fourth-order valence-electron chi connectivity index (χ4n) is 2.58. The average Bonchev–Trinajstić information content (AvgIpc) is 2.53. The van der Waals surface area contributed by atoms with Gasteiger partial charge < -0.3 is 13.9 Å². The summed E-state index contributed by atoms with van der Waals surface area (Å²) < 4.78 is 44.6. The molecule has 0 saturated heterocycles. The lowest BCUT2D eigenvalue weighted by molar-refractivity contribution is -0.378. The van der Waals surface area contributed by atoms with E-state index >= 15 is 0 Å². The van der Waals surface area contributed by atoms with Gasteiger partial charge in [-0.2, -0.15) is 0 Å². The van der Waals surface area contributed by atoms with Gasteiger partial charge in [0.2, 0.25) is 0 Å². The van der Waals surface area contributed by atoms with E-state index in [1.807, 2.05) is 27.7 Å². The van der Waals surface area contributed by atoms with Crippen LogP contribution in [0.4, 0.5) is 8.78 Å². The minimum Gasteiger partial charge on any atom is -0.376 e. The molecule has 6 heteroatoms. The molecule has 0 N–H and O–H groups in total. The molecular weight excluding hydrogens is 342 g/mol. The SMILES string of the molecule is CC(C)OC(O[SiH3])(OC(C)C)c1ccc(-c2ccc(F)cc2F)cc1. The molecule has 0 bridgehead atoms. The predicted molar refractivity (Wildman–Crippen MR) is 96.9 cm³/mol. The van der Waals surface area contributed by atoms with Gasteiger partial charge in [-0.3, -0.25) is 0 Å². The molecule has 2 rings (SSSR count). The van der Waals surface area contributed by atoms with E-state index in [1.165, 1.54) is 12.1 Å². The smallest absolute Gasteiger partial charge is 0.302 e. The van der Waals surface area contributed by atoms with Crippen LogP contribution in [-0.4, -0.2) is 22.7 Å². The Morgan fingerprint density at radius 2 is 1.44 bits per heavy atom. The van der Waals surface area contributed by atoms with Crippen LogP contribution >= 0.6 is 0 Å². The summed E-state index contributed by atoms with van der Waals surface area (Å²) in [7, 11) is 0.412. The summed E-state index contributed by atoms with van der Waals surface area (Å²) >= 11 is 0. The van der Waals surface area contributed by atoms with Gasteiger partial charge in [-0.1, -0.05) is 24.3 Å². The van der Waals surface area contributed by atoms with E-state index in [2.05, 4.69) is 0 Å². The van der Waals surface area contributed by atoms with Gasteiger partial charge in [-0.05, 0) is 45.4 Å². The van der Waals surface area contributed by atoms with Crippen molar-refractivity contribution < 1.29 is 22.7 Å². The lowest BCUT2D eigenvalue weighted by atomic mass is 10.0. The van der Waals surface area contributed by atoms with Crippen molar-refractivity contribution in [1.82, 2.24) is 0 Å². The van der Waals surface area contributed by atoms with Gasteiger partial charge in [0.25, 0.3) is 0 Å². The first kappa shape index (κ1) is 19.7. The standard InChI is InChI=1S/C19H24F2O3Si/c1-12(2)22-19(24-25,23-13(3)4)15-7-5-14(6-8-15)17-10-9-16(20)11-18(17)21/h5-13H,1-4,25H3. The van der Waals surface area contributed by atoms with Crippen LogP contribution in [0.1, 0.15) is 33.3 Å². The monoisotopic (exact) mass is 366 g/mol. The van der Waals surface area contributed by atoms with Crippen LogP contribution in [0.5, 0.6) is 0 Å². The normalized spacial score (nSPS) is 12.3. The Balaban J connectivity index is 2.40. The minimum atomic E-state index is -1.28. The first-order valence-electron chi connectivity index (χ1n) is 8.24. The Bertz CT molecular complexity index is 692. The van der Waals surface area contributed by atoms with Crippen LogP contribution in [-0.2, 0) is 19.9 Å². The summed E-state index contributed by atoms with van der Waals surface area (Å²) in [6.07, 6.45) is -0.219. The van der Waals surface area contributed by atoms with Crippen LogP contribution in [0.2, 0.25) is 0 Å². The third kappa shape index (κ3) is 4.73. The van der Waals surface area contributed by atoms with Crippen molar-refractivity contribution in [2.75, 3.05) is 0 Å². The van der Waals surface area contributed by atoms with Crippen molar-refractivity contribution in [3.8, 4) is 11.1 Å². The van der Waals surface area contributed by atoms with Gasteiger partial charge in [0, 0.05) is 17.2 Å². The molecule has 0 unspecified atom stereocenters. The topological polar surface area (TPSA) is 27.7 Å². The Labute approximate surface area is 150 Å². The van der Waals surface area contributed by atoms with E-state index in [1.54, 1.807) is 24.3 Å². The van der Waals surface area contributed by atoms with Crippen LogP contribution in [0.15, 0.2) is 42.5 Å². The molecule has 0 aliphatic carbocycles. The van der Waals surface area contributed by atoms with Crippen molar-refractivity contribution in [3.05, 3.63) is 59.7 Å². The molecule has 0 aromatic heterocycles. The largest absolute Gasteiger partial charge is 0.376 e. The fraction of sp³-hybridized carbons (Fsp3) is 0.368. The maximum absolute atomic E-state index is 14.0. The molecular formula is C19H24F2O3Si. The van der Waals surface area contributed by atoms with Crippen LogP contribution in [0, 0.1) is 11.6 Å². The van der Waals surface area contributed by atoms with Gasteiger partial charge in [-0.25, -0.2) is 8.78 Å². The second-order valence-electron chi connectivity index (χ2n) is 6.30. The van der Waals surface area contributed by atoms with Crippen molar-refractivity contribution in [2.24, 2.45) is 0 Å². The molecule has 0 saturated carbocycles. The molecule has 3 nitrogen and oxygen atoms in total. The maximum atomic E-state index is 14.0. The number of benzene rings is 2. The number of hydrogen-bond acceptors (Lipinski definition) is 3. The first-order chi connectivity index (χ1) is 11.8. The summed E-state index contributed by atoms with van der Waals surface area (Å²) in [6.45, 7) is 7.62. The minimum absolute atomic E-state index is 0.109. The van der Waals surface area contributed by atoms with E-state index in [0.717, 1.165) is 6.07 Å². The van der Waals surface area contributed by atoms with E-state index in [4.69, 9.17) is 13.9 Å². The zero-order valence-electron chi connectivity index (χ0n) is 15.2. The molecule has 0 spiro atoms. The van der Waals surface area contributed by atoms with Crippen LogP contribution < -0.4 is 0 Å². The fourth-order valence-corrected chi connectivity index (χ4v) is 3.00. The second-order valence-corrected chi connectivity index (χ2v) is 6.70. The van der Waals surface area contributed by atoms with E-state index < -0.39 is 17.6 Å². The van der Waals surface area contributed by atoms with Crippen LogP contribution in [0.3, 0.4) is 0 Å². The highest BCUT2D eigenvalue weighted by Gasteiger charge is 2.36. The molecule has 25 heavy (non-hydrogen) atoms. The zero-order chi connectivity index (χ0) is 18.6. The molecule has 0 aliphatic rings. The Morgan fingerprint density at radius 3 is 1.88 bits per heavy atom. The summed E-state index contributed by atoms with van der Waals surface area (Å²) in [6, 6.07) is 10.6. The van der Waals surface area contributed by atoms with Gasteiger partial charge in [0.05, 0.1) is 12.2 Å². The summed E-state index contributed by atoms with van der Waals surface area (Å²) in [5.41, 5.74) is 1.66. The summed E-state index contributed by atoms with van der Waals surface area (Å²) in [4.78, 5) is 0. The molecule has 136 valence electrons. The molecule has 2 aromatic carbocycles. The lowest BCUT2D eigenvalue weighted by Gasteiger charge is -2.36. The van der Waals surface area contributed by atoms with Crippen LogP contribution in [0.25, 0.3) is 11.1 Å². The van der Waals surface area contributed by atoms with Gasteiger partial charge in [0.1, 0.15) is 11.6 Å². The molecule has 0 aliphatic heterocycles. The second kappa shape index (κ2) is 8.18.